The zero-order chi connectivity index (χ0) is 8.10. The molecule has 0 unspecified atom stereocenters. The molecule has 0 bridgehead atoms. The van der Waals surface area contributed by atoms with E-state index in [2.05, 4.69) is 5.32 Å². The van der Waals surface area contributed by atoms with Gasteiger partial charge in [-0.25, -0.2) is 0 Å². The van der Waals surface area contributed by atoms with Gasteiger partial charge in [-0.1, -0.05) is 0 Å². The molecule has 1 heterocycles. The van der Waals surface area contributed by atoms with Crippen LogP contribution in [0.25, 0.3) is 0 Å². The molecule has 0 saturated carbocycles. The molecule has 64 valence electrons. The SMILES string of the molecule is O=C1CN(CCO)CCCN1. The van der Waals surface area contributed by atoms with Crippen molar-refractivity contribution in [2.75, 3.05) is 32.8 Å². The molecule has 0 atom stereocenters. The van der Waals surface area contributed by atoms with Gasteiger partial charge in [0.15, 0.2) is 0 Å². The van der Waals surface area contributed by atoms with Crippen molar-refractivity contribution in [3.63, 3.8) is 0 Å². The predicted octanol–water partition coefficient (Wildman–Crippen LogP) is -1.20. The van der Waals surface area contributed by atoms with Crippen molar-refractivity contribution in [1.29, 1.82) is 0 Å². The molecule has 11 heavy (non-hydrogen) atoms. The fourth-order valence-corrected chi connectivity index (χ4v) is 1.20. The third-order valence-corrected chi connectivity index (χ3v) is 1.76. The van der Waals surface area contributed by atoms with Gasteiger partial charge in [0.1, 0.15) is 0 Å². The smallest absolute Gasteiger partial charge is 0.234 e. The lowest BCUT2D eigenvalue weighted by Gasteiger charge is -2.15. The largest absolute Gasteiger partial charge is 0.395 e. The fraction of sp³-hybridized carbons (Fsp3) is 0.857. The molecule has 1 amide bonds. The van der Waals surface area contributed by atoms with Crippen molar-refractivity contribution < 1.29 is 9.90 Å². The number of β-amino-alcohol motifs (C(OH)–C–C–N with tert-alkyl or cyclic N) is 1. The quantitative estimate of drug-likeness (QED) is 0.531. The topological polar surface area (TPSA) is 52.6 Å². The highest BCUT2D eigenvalue weighted by atomic mass is 16.3. The first-order chi connectivity index (χ1) is 5.33. The molecule has 0 spiro atoms. The summed E-state index contributed by atoms with van der Waals surface area (Å²) < 4.78 is 0. The highest BCUT2D eigenvalue weighted by molar-refractivity contribution is 5.78. The van der Waals surface area contributed by atoms with Crippen LogP contribution in [-0.4, -0.2) is 48.7 Å². The summed E-state index contributed by atoms with van der Waals surface area (Å²) in [6.07, 6.45) is 0.978. The minimum Gasteiger partial charge on any atom is -0.395 e. The third-order valence-electron chi connectivity index (χ3n) is 1.76. The summed E-state index contributed by atoms with van der Waals surface area (Å²) in [5, 5.41) is 11.4. The number of hydrogen-bond donors (Lipinski definition) is 2. The molecule has 0 aromatic heterocycles. The van der Waals surface area contributed by atoms with E-state index in [-0.39, 0.29) is 12.5 Å². The molecular formula is C7H14N2O2. The summed E-state index contributed by atoms with van der Waals surface area (Å²) in [6.45, 7) is 2.83. The van der Waals surface area contributed by atoms with Gasteiger partial charge in [0, 0.05) is 19.6 Å². The van der Waals surface area contributed by atoms with Gasteiger partial charge in [-0.2, -0.15) is 0 Å². The number of amides is 1. The third kappa shape index (κ3) is 2.86. The summed E-state index contributed by atoms with van der Waals surface area (Å²) in [6, 6.07) is 0. The van der Waals surface area contributed by atoms with E-state index >= 15 is 0 Å². The van der Waals surface area contributed by atoms with Crippen LogP contribution in [0.15, 0.2) is 0 Å². The summed E-state index contributed by atoms with van der Waals surface area (Å²) >= 11 is 0. The van der Waals surface area contributed by atoms with E-state index in [9.17, 15) is 4.79 Å². The van der Waals surface area contributed by atoms with Crippen LogP contribution in [0.2, 0.25) is 0 Å². The highest BCUT2D eigenvalue weighted by Gasteiger charge is 2.12. The second-order valence-corrected chi connectivity index (χ2v) is 2.70. The van der Waals surface area contributed by atoms with Crippen LogP contribution >= 0.6 is 0 Å². The van der Waals surface area contributed by atoms with Gasteiger partial charge in [0.25, 0.3) is 0 Å². The summed E-state index contributed by atoms with van der Waals surface area (Å²) in [5.74, 6) is 0.0657. The van der Waals surface area contributed by atoms with E-state index in [1.807, 2.05) is 4.90 Å². The van der Waals surface area contributed by atoms with Crippen LogP contribution in [0.1, 0.15) is 6.42 Å². The monoisotopic (exact) mass is 158 g/mol. The van der Waals surface area contributed by atoms with Crippen LogP contribution in [0.3, 0.4) is 0 Å². The number of nitrogens with one attached hydrogen (secondary N) is 1. The number of carbonyl (C=O) groups excluding carboxylic acids is 1. The number of nitrogens with zero attached hydrogens (tertiary/aromatic N) is 1. The van der Waals surface area contributed by atoms with E-state index in [1.165, 1.54) is 0 Å². The van der Waals surface area contributed by atoms with Crippen LogP contribution in [0.5, 0.6) is 0 Å². The zero-order valence-electron chi connectivity index (χ0n) is 6.55. The Morgan fingerprint density at radius 3 is 3.18 bits per heavy atom. The summed E-state index contributed by atoms with van der Waals surface area (Å²) in [4.78, 5) is 12.9. The van der Waals surface area contributed by atoms with Gasteiger partial charge in [-0.15, -0.1) is 0 Å². The second kappa shape index (κ2) is 4.31. The number of rotatable bonds is 2. The van der Waals surface area contributed by atoms with Crippen LogP contribution in [-0.2, 0) is 4.79 Å². The Kier molecular flexibility index (Phi) is 3.32. The maximum absolute atomic E-state index is 10.9. The van der Waals surface area contributed by atoms with Gasteiger partial charge in [0.05, 0.1) is 13.2 Å². The van der Waals surface area contributed by atoms with Crippen LogP contribution in [0.4, 0.5) is 0 Å². The molecule has 1 saturated heterocycles. The average Bonchev–Trinajstić information content (AvgIpc) is 2.15. The van der Waals surface area contributed by atoms with Crippen molar-refractivity contribution in [3.8, 4) is 0 Å². The Bertz CT molecular complexity index is 138. The Morgan fingerprint density at radius 1 is 1.64 bits per heavy atom. The lowest BCUT2D eigenvalue weighted by Crippen LogP contribution is -2.34. The van der Waals surface area contributed by atoms with Crippen molar-refractivity contribution in [2.45, 2.75) is 6.42 Å². The number of aliphatic hydroxyl groups is 1. The van der Waals surface area contributed by atoms with Crippen molar-refractivity contribution in [2.24, 2.45) is 0 Å². The maximum atomic E-state index is 10.9. The maximum Gasteiger partial charge on any atom is 0.234 e. The van der Waals surface area contributed by atoms with Crippen LogP contribution in [0, 0.1) is 0 Å². The van der Waals surface area contributed by atoms with Gasteiger partial charge >= 0.3 is 0 Å². The average molecular weight is 158 g/mol. The molecule has 1 aliphatic heterocycles. The first-order valence-electron chi connectivity index (χ1n) is 3.93. The van der Waals surface area contributed by atoms with E-state index < -0.39 is 0 Å². The van der Waals surface area contributed by atoms with E-state index in [0.29, 0.717) is 13.1 Å². The molecule has 0 aromatic rings. The van der Waals surface area contributed by atoms with Crippen molar-refractivity contribution in [1.82, 2.24) is 10.2 Å². The number of carbonyl (C=O) groups is 1. The summed E-state index contributed by atoms with van der Waals surface area (Å²) in [5.41, 5.74) is 0. The Balaban J connectivity index is 2.33. The molecule has 0 aliphatic carbocycles. The van der Waals surface area contributed by atoms with E-state index in [1.54, 1.807) is 0 Å². The van der Waals surface area contributed by atoms with E-state index in [0.717, 1.165) is 19.5 Å². The van der Waals surface area contributed by atoms with E-state index in [4.69, 9.17) is 5.11 Å². The van der Waals surface area contributed by atoms with Crippen molar-refractivity contribution in [3.05, 3.63) is 0 Å². The molecule has 4 nitrogen and oxygen atoms in total. The molecule has 0 aromatic carbocycles. The predicted molar refractivity (Wildman–Crippen MR) is 41.2 cm³/mol. The zero-order valence-corrected chi connectivity index (χ0v) is 6.55. The molecule has 0 radical (unpaired) electrons. The first kappa shape index (κ1) is 8.49. The van der Waals surface area contributed by atoms with Gasteiger partial charge in [-0.05, 0) is 6.42 Å². The van der Waals surface area contributed by atoms with Gasteiger partial charge in [-0.3, -0.25) is 9.69 Å². The Morgan fingerprint density at radius 2 is 2.45 bits per heavy atom. The fourth-order valence-electron chi connectivity index (χ4n) is 1.20. The van der Waals surface area contributed by atoms with Crippen LogP contribution < -0.4 is 5.32 Å². The Labute approximate surface area is 66.2 Å². The van der Waals surface area contributed by atoms with Gasteiger partial charge in [0.2, 0.25) is 5.91 Å². The molecular weight excluding hydrogens is 144 g/mol. The molecule has 4 heteroatoms. The normalized spacial score (nSPS) is 21.0. The molecule has 2 N–H and O–H groups in total. The lowest BCUT2D eigenvalue weighted by atomic mass is 10.4. The first-order valence-corrected chi connectivity index (χ1v) is 3.93. The molecule has 1 rings (SSSR count). The Hall–Kier alpha value is -0.610. The minimum atomic E-state index is 0.0657. The number of aliphatic hydroxyl groups excluding tert-OH is 1. The highest BCUT2D eigenvalue weighted by Crippen LogP contribution is 1.94. The lowest BCUT2D eigenvalue weighted by molar-refractivity contribution is -0.121. The minimum absolute atomic E-state index is 0.0657. The standard InChI is InChI=1S/C7H14N2O2/c10-5-4-9-3-1-2-8-7(11)6-9/h10H,1-6H2,(H,8,11). The second-order valence-electron chi connectivity index (χ2n) is 2.70. The molecule has 1 fully saturated rings. The van der Waals surface area contributed by atoms with Crippen molar-refractivity contribution >= 4 is 5.91 Å². The summed E-state index contributed by atoms with van der Waals surface area (Å²) in [7, 11) is 0. The molecule has 1 aliphatic rings. The number of hydrogen-bond acceptors (Lipinski definition) is 3. The van der Waals surface area contributed by atoms with Gasteiger partial charge < -0.3 is 10.4 Å².